The fraction of sp³-hybridized carbons (Fsp3) is 0.263. The Balaban J connectivity index is 2.01. The first kappa shape index (κ1) is 16.8. The number of carbonyl (C=O) groups excluding carboxylic acids is 1. The number of hydrogen-bond acceptors (Lipinski definition) is 5. The van der Waals surface area contributed by atoms with Crippen LogP contribution >= 0.6 is 0 Å². The first-order valence-electron chi connectivity index (χ1n) is 7.92. The maximum Gasteiger partial charge on any atom is 0.240 e. The molecule has 1 heterocycles. The molecular weight excluding hydrogens is 320 g/mol. The van der Waals surface area contributed by atoms with E-state index in [0.717, 1.165) is 11.3 Å². The van der Waals surface area contributed by atoms with Gasteiger partial charge in [-0.15, -0.1) is 0 Å². The average Bonchev–Trinajstić information content (AvgIpc) is 3.06. The molecule has 0 bridgehead atoms. The second-order valence-corrected chi connectivity index (χ2v) is 5.76. The second-order valence-electron chi connectivity index (χ2n) is 5.76. The molecule has 130 valence electrons. The normalized spacial score (nSPS) is 16.5. The molecule has 2 aromatic carbocycles. The van der Waals surface area contributed by atoms with Gasteiger partial charge in [0.05, 0.1) is 26.0 Å². The lowest BCUT2D eigenvalue weighted by Gasteiger charge is -2.21. The van der Waals surface area contributed by atoms with Gasteiger partial charge < -0.3 is 14.6 Å². The maximum atomic E-state index is 12.1. The Labute approximate surface area is 146 Å². The predicted molar refractivity (Wildman–Crippen MR) is 94.1 cm³/mol. The van der Waals surface area contributed by atoms with Crippen molar-refractivity contribution in [2.75, 3.05) is 14.2 Å². The standard InChI is InChI=1S/C19H20N2O4/c1-12(22)21-17(15-6-4-5-7-18(15)23)11-16(20-21)14-9-8-13(24-2)10-19(14)25-3/h4-10,17,23H,11H2,1-3H3. The Morgan fingerprint density at radius 3 is 2.60 bits per heavy atom. The van der Waals surface area contributed by atoms with Crippen LogP contribution in [0.5, 0.6) is 17.2 Å². The fourth-order valence-electron chi connectivity index (χ4n) is 3.01. The van der Waals surface area contributed by atoms with Gasteiger partial charge in [0.15, 0.2) is 0 Å². The van der Waals surface area contributed by atoms with Gasteiger partial charge in [0.2, 0.25) is 5.91 Å². The Kier molecular flexibility index (Phi) is 4.61. The number of amides is 1. The van der Waals surface area contributed by atoms with E-state index >= 15 is 0 Å². The number of hydrazone groups is 1. The van der Waals surface area contributed by atoms with E-state index in [1.54, 1.807) is 38.5 Å². The molecular formula is C19H20N2O4. The summed E-state index contributed by atoms with van der Waals surface area (Å²) < 4.78 is 10.7. The number of rotatable bonds is 4. The molecule has 1 N–H and O–H groups in total. The highest BCUT2D eigenvalue weighted by atomic mass is 16.5. The number of para-hydroxylation sites is 1. The molecule has 0 saturated carbocycles. The van der Waals surface area contributed by atoms with Gasteiger partial charge in [-0.2, -0.15) is 5.10 Å². The summed E-state index contributed by atoms with van der Waals surface area (Å²) in [5.41, 5.74) is 2.19. The van der Waals surface area contributed by atoms with E-state index in [1.165, 1.54) is 11.9 Å². The smallest absolute Gasteiger partial charge is 0.240 e. The number of benzene rings is 2. The topological polar surface area (TPSA) is 71.4 Å². The van der Waals surface area contributed by atoms with Gasteiger partial charge in [0, 0.05) is 30.5 Å². The zero-order valence-electron chi connectivity index (χ0n) is 14.4. The summed E-state index contributed by atoms with van der Waals surface area (Å²) in [6.45, 7) is 1.46. The van der Waals surface area contributed by atoms with Crippen LogP contribution in [0, 0.1) is 0 Å². The van der Waals surface area contributed by atoms with Crippen molar-refractivity contribution in [3.8, 4) is 17.2 Å². The summed E-state index contributed by atoms with van der Waals surface area (Å²) in [6.07, 6.45) is 0.486. The highest BCUT2D eigenvalue weighted by Crippen LogP contribution is 2.38. The summed E-state index contributed by atoms with van der Waals surface area (Å²) >= 11 is 0. The molecule has 3 rings (SSSR count). The van der Waals surface area contributed by atoms with E-state index in [2.05, 4.69) is 5.10 Å². The number of phenols is 1. The molecule has 2 aromatic rings. The van der Waals surface area contributed by atoms with Gasteiger partial charge in [0.1, 0.15) is 17.2 Å². The molecule has 1 atom stereocenters. The summed E-state index contributed by atoms with van der Waals surface area (Å²) in [4.78, 5) is 12.1. The number of phenolic OH excluding ortho intramolecular Hbond substituents is 1. The lowest BCUT2D eigenvalue weighted by atomic mass is 9.97. The second kappa shape index (κ2) is 6.84. The third kappa shape index (κ3) is 3.15. The quantitative estimate of drug-likeness (QED) is 0.928. The average molecular weight is 340 g/mol. The molecule has 6 heteroatoms. The predicted octanol–water partition coefficient (Wildman–Crippen LogP) is 3.11. The van der Waals surface area contributed by atoms with E-state index in [0.29, 0.717) is 23.5 Å². The van der Waals surface area contributed by atoms with Crippen LogP contribution in [0.25, 0.3) is 0 Å². The van der Waals surface area contributed by atoms with Crippen LogP contribution in [-0.2, 0) is 4.79 Å². The molecule has 1 unspecified atom stereocenters. The number of aromatic hydroxyl groups is 1. The first-order valence-corrected chi connectivity index (χ1v) is 7.92. The maximum absolute atomic E-state index is 12.1. The molecule has 0 aromatic heterocycles. The summed E-state index contributed by atoms with van der Waals surface area (Å²) in [6, 6.07) is 12.1. The van der Waals surface area contributed by atoms with E-state index in [4.69, 9.17) is 9.47 Å². The summed E-state index contributed by atoms with van der Waals surface area (Å²) in [5.74, 6) is 1.27. The number of methoxy groups -OCH3 is 2. The first-order chi connectivity index (χ1) is 12.0. The Morgan fingerprint density at radius 2 is 1.96 bits per heavy atom. The number of hydrogen-bond donors (Lipinski definition) is 1. The van der Waals surface area contributed by atoms with Crippen LogP contribution in [0.2, 0.25) is 0 Å². The van der Waals surface area contributed by atoms with Crippen molar-refractivity contribution in [2.24, 2.45) is 5.10 Å². The van der Waals surface area contributed by atoms with Crippen molar-refractivity contribution < 1.29 is 19.4 Å². The lowest BCUT2D eigenvalue weighted by Crippen LogP contribution is -2.24. The minimum atomic E-state index is -0.347. The van der Waals surface area contributed by atoms with Gasteiger partial charge >= 0.3 is 0 Å². The number of carbonyl (C=O) groups is 1. The molecule has 1 amide bonds. The monoisotopic (exact) mass is 340 g/mol. The largest absolute Gasteiger partial charge is 0.508 e. The lowest BCUT2D eigenvalue weighted by molar-refractivity contribution is -0.130. The van der Waals surface area contributed by atoms with Gasteiger partial charge in [0.25, 0.3) is 0 Å². The van der Waals surface area contributed by atoms with Crippen LogP contribution in [0.3, 0.4) is 0 Å². The summed E-state index contributed by atoms with van der Waals surface area (Å²) in [5, 5.41) is 16.1. The Bertz CT molecular complexity index is 832. The molecule has 6 nitrogen and oxygen atoms in total. The van der Waals surface area contributed by atoms with Crippen molar-refractivity contribution in [3.63, 3.8) is 0 Å². The van der Waals surface area contributed by atoms with Gasteiger partial charge in [-0.25, -0.2) is 5.01 Å². The van der Waals surface area contributed by atoms with E-state index in [9.17, 15) is 9.90 Å². The summed E-state index contributed by atoms with van der Waals surface area (Å²) in [7, 11) is 3.17. The zero-order chi connectivity index (χ0) is 18.0. The highest BCUT2D eigenvalue weighted by molar-refractivity contribution is 6.05. The number of ether oxygens (including phenoxy) is 2. The van der Waals surface area contributed by atoms with Gasteiger partial charge in [-0.05, 0) is 18.2 Å². The third-order valence-corrected chi connectivity index (χ3v) is 4.25. The molecule has 0 spiro atoms. The van der Waals surface area contributed by atoms with Crippen LogP contribution in [-0.4, -0.2) is 36.0 Å². The van der Waals surface area contributed by atoms with Crippen molar-refractivity contribution in [1.29, 1.82) is 0 Å². The van der Waals surface area contributed by atoms with Crippen molar-refractivity contribution in [3.05, 3.63) is 53.6 Å². The molecule has 1 aliphatic heterocycles. The van der Waals surface area contributed by atoms with Crippen molar-refractivity contribution in [1.82, 2.24) is 5.01 Å². The van der Waals surface area contributed by atoms with Crippen LogP contribution in [0.15, 0.2) is 47.6 Å². The molecule has 25 heavy (non-hydrogen) atoms. The SMILES string of the molecule is COc1ccc(C2=NN(C(C)=O)C(c3ccccc3O)C2)c(OC)c1. The van der Waals surface area contributed by atoms with Crippen LogP contribution in [0.4, 0.5) is 0 Å². The molecule has 0 fully saturated rings. The van der Waals surface area contributed by atoms with E-state index < -0.39 is 0 Å². The van der Waals surface area contributed by atoms with Gasteiger partial charge in [-0.1, -0.05) is 18.2 Å². The zero-order valence-corrected chi connectivity index (χ0v) is 14.4. The van der Waals surface area contributed by atoms with Crippen LogP contribution in [0.1, 0.15) is 30.5 Å². The van der Waals surface area contributed by atoms with E-state index in [1.807, 2.05) is 18.2 Å². The minimum Gasteiger partial charge on any atom is -0.508 e. The van der Waals surface area contributed by atoms with Crippen molar-refractivity contribution >= 4 is 11.6 Å². The third-order valence-electron chi connectivity index (χ3n) is 4.25. The van der Waals surface area contributed by atoms with E-state index in [-0.39, 0.29) is 17.7 Å². The Morgan fingerprint density at radius 1 is 1.20 bits per heavy atom. The Hall–Kier alpha value is -3.02. The molecule has 0 aliphatic carbocycles. The molecule has 0 radical (unpaired) electrons. The number of nitrogens with zero attached hydrogens (tertiary/aromatic N) is 2. The highest BCUT2D eigenvalue weighted by Gasteiger charge is 2.33. The molecule has 0 saturated heterocycles. The minimum absolute atomic E-state index is 0.150. The van der Waals surface area contributed by atoms with Gasteiger partial charge in [-0.3, -0.25) is 4.79 Å². The molecule has 1 aliphatic rings. The van der Waals surface area contributed by atoms with Crippen LogP contribution < -0.4 is 9.47 Å². The fourth-order valence-corrected chi connectivity index (χ4v) is 3.01. The van der Waals surface area contributed by atoms with Crippen molar-refractivity contribution in [2.45, 2.75) is 19.4 Å².